The smallest absolute Gasteiger partial charge is 0.234 e. The van der Waals surface area contributed by atoms with Gasteiger partial charge in [-0.3, -0.25) is 0 Å². The second-order valence-corrected chi connectivity index (χ2v) is 6.71. The summed E-state index contributed by atoms with van der Waals surface area (Å²) in [5.74, 6) is 1.31. The van der Waals surface area contributed by atoms with Crippen LogP contribution in [0.5, 0.6) is 0 Å². The van der Waals surface area contributed by atoms with Gasteiger partial charge in [-0.05, 0) is 50.5 Å². The van der Waals surface area contributed by atoms with E-state index in [0.29, 0.717) is 11.7 Å². The predicted molar refractivity (Wildman–Crippen MR) is 81.3 cm³/mol. The van der Waals surface area contributed by atoms with Gasteiger partial charge >= 0.3 is 0 Å². The molecule has 1 fully saturated rings. The van der Waals surface area contributed by atoms with Gasteiger partial charge < -0.3 is 10.3 Å². The van der Waals surface area contributed by atoms with Crippen LogP contribution >= 0.6 is 15.9 Å². The highest BCUT2D eigenvalue weighted by Gasteiger charge is 2.42. The molecule has 106 valence electrons. The van der Waals surface area contributed by atoms with Crippen molar-refractivity contribution >= 4 is 15.9 Å². The lowest BCUT2D eigenvalue weighted by Gasteiger charge is -2.23. The van der Waals surface area contributed by atoms with E-state index in [1.165, 1.54) is 0 Å². The lowest BCUT2D eigenvalue weighted by Crippen LogP contribution is -2.38. The van der Waals surface area contributed by atoms with Crippen molar-refractivity contribution in [3.8, 4) is 11.4 Å². The Balaban J connectivity index is 1.98. The molecule has 4 nitrogen and oxygen atoms in total. The monoisotopic (exact) mass is 335 g/mol. The highest BCUT2D eigenvalue weighted by Crippen LogP contribution is 2.39. The summed E-state index contributed by atoms with van der Waals surface area (Å²) >= 11 is 3.46. The molecule has 0 amide bonds. The van der Waals surface area contributed by atoms with Crippen LogP contribution in [0.25, 0.3) is 11.4 Å². The molecule has 20 heavy (non-hydrogen) atoms. The molecule has 2 aromatic rings. The van der Waals surface area contributed by atoms with Gasteiger partial charge in [-0.25, -0.2) is 0 Å². The molecule has 1 heterocycles. The summed E-state index contributed by atoms with van der Waals surface area (Å²) in [5.41, 5.74) is 8.14. The van der Waals surface area contributed by atoms with E-state index in [-0.39, 0.29) is 11.5 Å². The van der Waals surface area contributed by atoms with Crippen LogP contribution in [0.2, 0.25) is 0 Å². The van der Waals surface area contributed by atoms with Crippen molar-refractivity contribution in [3.63, 3.8) is 0 Å². The van der Waals surface area contributed by atoms with Crippen LogP contribution in [0.15, 0.2) is 27.2 Å². The third-order valence-electron chi connectivity index (χ3n) is 4.37. The summed E-state index contributed by atoms with van der Waals surface area (Å²) in [6, 6.07) is 6.14. The van der Waals surface area contributed by atoms with E-state index in [1.54, 1.807) is 0 Å². The number of benzene rings is 1. The van der Waals surface area contributed by atoms with Gasteiger partial charge in [0.25, 0.3) is 0 Å². The number of nitrogens with zero attached hydrogens (tertiary/aromatic N) is 2. The minimum Gasteiger partial charge on any atom is -0.338 e. The van der Waals surface area contributed by atoms with E-state index in [9.17, 15) is 0 Å². The van der Waals surface area contributed by atoms with Gasteiger partial charge in [0.1, 0.15) is 0 Å². The van der Waals surface area contributed by atoms with E-state index in [1.807, 2.05) is 25.1 Å². The third kappa shape index (κ3) is 2.19. The molecule has 0 spiro atoms. The van der Waals surface area contributed by atoms with Crippen LogP contribution < -0.4 is 5.73 Å². The number of rotatable bonds is 2. The van der Waals surface area contributed by atoms with Gasteiger partial charge in [-0.15, -0.1) is 0 Å². The molecule has 1 saturated carbocycles. The Hall–Kier alpha value is -1.20. The summed E-state index contributed by atoms with van der Waals surface area (Å²) in [6.07, 6.45) is 3.15. The molecule has 1 aromatic carbocycles. The normalized spacial score (nSPS) is 26.1. The Morgan fingerprint density at radius 3 is 2.90 bits per heavy atom. The molecule has 1 aromatic heterocycles. The van der Waals surface area contributed by atoms with Gasteiger partial charge in [-0.1, -0.05) is 27.5 Å². The van der Waals surface area contributed by atoms with E-state index in [4.69, 9.17) is 10.3 Å². The van der Waals surface area contributed by atoms with E-state index < -0.39 is 0 Å². The first-order chi connectivity index (χ1) is 9.50. The Morgan fingerprint density at radius 2 is 2.25 bits per heavy atom. The Labute approximate surface area is 126 Å². The molecule has 3 rings (SSSR count). The SMILES string of the molecule is Cc1cc(Br)ccc1-c1noc(C2(C)CCCC2N)n1. The standard InChI is InChI=1S/C15H18BrN3O/c1-9-8-10(16)5-6-11(9)13-18-14(20-19-13)15(2)7-3-4-12(15)17/h5-6,8,12H,3-4,7,17H2,1-2H3. The van der Waals surface area contributed by atoms with E-state index >= 15 is 0 Å². The number of aryl methyl sites for hydroxylation is 1. The van der Waals surface area contributed by atoms with Crippen LogP contribution in [0.1, 0.15) is 37.6 Å². The molecule has 5 heteroatoms. The van der Waals surface area contributed by atoms with Crippen LogP contribution in [0.4, 0.5) is 0 Å². The Kier molecular flexibility index (Phi) is 3.42. The van der Waals surface area contributed by atoms with Crippen molar-refractivity contribution in [1.82, 2.24) is 10.1 Å². The Morgan fingerprint density at radius 1 is 1.45 bits per heavy atom. The van der Waals surface area contributed by atoms with Crippen molar-refractivity contribution in [1.29, 1.82) is 0 Å². The molecule has 1 aliphatic carbocycles. The number of halogens is 1. The third-order valence-corrected chi connectivity index (χ3v) is 4.87. The maximum absolute atomic E-state index is 6.21. The molecule has 0 aliphatic heterocycles. The number of hydrogen-bond acceptors (Lipinski definition) is 4. The average Bonchev–Trinajstić information content (AvgIpc) is 2.99. The number of hydrogen-bond donors (Lipinski definition) is 1. The zero-order valence-electron chi connectivity index (χ0n) is 11.7. The Bertz CT molecular complexity index is 640. The maximum atomic E-state index is 6.21. The number of aromatic nitrogens is 2. The zero-order valence-corrected chi connectivity index (χ0v) is 13.3. The van der Waals surface area contributed by atoms with Crippen molar-refractivity contribution in [2.24, 2.45) is 5.73 Å². The van der Waals surface area contributed by atoms with Crippen molar-refractivity contribution < 1.29 is 4.52 Å². The van der Waals surface area contributed by atoms with Crippen molar-refractivity contribution in [3.05, 3.63) is 34.1 Å². The van der Waals surface area contributed by atoms with Gasteiger partial charge in [0.2, 0.25) is 11.7 Å². The van der Waals surface area contributed by atoms with E-state index in [0.717, 1.165) is 34.9 Å². The number of nitrogens with two attached hydrogens (primary N) is 1. The fraction of sp³-hybridized carbons (Fsp3) is 0.467. The molecule has 0 bridgehead atoms. The summed E-state index contributed by atoms with van der Waals surface area (Å²) in [5, 5.41) is 4.14. The van der Waals surface area contributed by atoms with Crippen molar-refractivity contribution in [2.45, 2.75) is 44.6 Å². The molecule has 1 aliphatic rings. The van der Waals surface area contributed by atoms with Crippen molar-refractivity contribution in [2.75, 3.05) is 0 Å². The van der Waals surface area contributed by atoms with Crippen LogP contribution in [-0.4, -0.2) is 16.2 Å². The first kappa shape index (κ1) is 13.8. The summed E-state index contributed by atoms with van der Waals surface area (Å²) in [4.78, 5) is 4.60. The molecule has 2 N–H and O–H groups in total. The van der Waals surface area contributed by atoms with Gasteiger partial charge in [0.15, 0.2) is 0 Å². The minimum absolute atomic E-state index is 0.0989. The van der Waals surface area contributed by atoms with Gasteiger partial charge in [0.05, 0.1) is 5.41 Å². The quantitative estimate of drug-likeness (QED) is 0.910. The second-order valence-electron chi connectivity index (χ2n) is 5.80. The second kappa shape index (κ2) is 4.97. The summed E-state index contributed by atoms with van der Waals surface area (Å²) in [7, 11) is 0. The largest absolute Gasteiger partial charge is 0.338 e. The maximum Gasteiger partial charge on any atom is 0.234 e. The average molecular weight is 336 g/mol. The molecule has 2 atom stereocenters. The van der Waals surface area contributed by atoms with Crippen LogP contribution in [0.3, 0.4) is 0 Å². The fourth-order valence-electron chi connectivity index (χ4n) is 2.90. The van der Waals surface area contributed by atoms with Gasteiger partial charge in [0, 0.05) is 16.1 Å². The summed E-state index contributed by atoms with van der Waals surface area (Å²) < 4.78 is 6.56. The molecular formula is C15H18BrN3O. The van der Waals surface area contributed by atoms with Gasteiger partial charge in [-0.2, -0.15) is 4.98 Å². The van der Waals surface area contributed by atoms with Crippen LogP contribution in [-0.2, 0) is 5.41 Å². The summed E-state index contributed by atoms with van der Waals surface area (Å²) in [6.45, 7) is 4.16. The molecular weight excluding hydrogens is 318 g/mol. The van der Waals surface area contributed by atoms with Crippen LogP contribution in [0, 0.1) is 6.92 Å². The predicted octanol–water partition coefficient (Wildman–Crippen LogP) is 3.58. The minimum atomic E-state index is -0.186. The molecule has 2 unspecified atom stereocenters. The molecule has 0 saturated heterocycles. The highest BCUT2D eigenvalue weighted by atomic mass is 79.9. The molecule has 0 radical (unpaired) electrons. The first-order valence-corrected chi connectivity index (χ1v) is 7.66. The van der Waals surface area contributed by atoms with E-state index in [2.05, 4.69) is 33.0 Å². The first-order valence-electron chi connectivity index (χ1n) is 6.87. The fourth-order valence-corrected chi connectivity index (χ4v) is 3.38. The lowest BCUT2D eigenvalue weighted by molar-refractivity contribution is 0.278. The zero-order chi connectivity index (χ0) is 14.3. The lowest BCUT2D eigenvalue weighted by atomic mass is 9.85. The topological polar surface area (TPSA) is 64.9 Å². The highest BCUT2D eigenvalue weighted by molar-refractivity contribution is 9.10.